The van der Waals surface area contributed by atoms with E-state index in [-0.39, 0.29) is 12.1 Å². The van der Waals surface area contributed by atoms with Gasteiger partial charge in [-0.05, 0) is 12.5 Å². The van der Waals surface area contributed by atoms with Crippen molar-refractivity contribution in [1.29, 1.82) is 0 Å². The molecule has 0 radical (unpaired) electrons. The molecule has 0 aromatic heterocycles. The number of hydrogen-bond donors (Lipinski definition) is 2. The Kier molecular flexibility index (Phi) is 5.57. The van der Waals surface area contributed by atoms with Crippen molar-refractivity contribution in [1.82, 2.24) is 0 Å². The number of non-ortho nitro benzene ring substituents is 1. The minimum Gasteiger partial charge on any atom is -0.480 e. The van der Waals surface area contributed by atoms with Crippen LogP contribution in [0.2, 0.25) is 0 Å². The van der Waals surface area contributed by atoms with Gasteiger partial charge >= 0.3 is 5.97 Å². The van der Waals surface area contributed by atoms with Crippen molar-refractivity contribution in [3.8, 4) is 0 Å². The molecule has 1 atom stereocenters. The summed E-state index contributed by atoms with van der Waals surface area (Å²) in [5.41, 5.74) is -1.45. The van der Waals surface area contributed by atoms with Crippen LogP contribution in [0.25, 0.3) is 0 Å². The van der Waals surface area contributed by atoms with Crippen molar-refractivity contribution < 1.29 is 28.2 Å². The summed E-state index contributed by atoms with van der Waals surface area (Å²) in [5.74, 6) is -1.83. The molecule has 0 heterocycles. The van der Waals surface area contributed by atoms with Crippen LogP contribution < -0.4 is 5.32 Å². The van der Waals surface area contributed by atoms with Gasteiger partial charge in [0.15, 0.2) is 0 Å². The summed E-state index contributed by atoms with van der Waals surface area (Å²) in [6, 6.07) is 1.28. The van der Waals surface area contributed by atoms with Crippen LogP contribution >= 0.6 is 0 Å². The number of hydrogen-bond acceptors (Lipinski definition) is 8. The Hall–Kier alpha value is -2.76. The number of nitro benzene ring substituents is 2. The molecule has 0 bridgehead atoms. The lowest BCUT2D eigenvalue weighted by Crippen LogP contribution is -2.31. The molecule has 0 saturated heterocycles. The third kappa shape index (κ3) is 5.50. The van der Waals surface area contributed by atoms with E-state index in [1.165, 1.54) is 0 Å². The molecular weight excluding hydrogens is 334 g/mol. The Morgan fingerprint density at radius 2 is 1.91 bits per heavy atom. The number of sulfone groups is 1. The van der Waals surface area contributed by atoms with E-state index in [1.54, 1.807) is 0 Å². The first-order valence-electron chi connectivity index (χ1n) is 6.11. The molecule has 0 unspecified atom stereocenters. The Morgan fingerprint density at radius 1 is 1.30 bits per heavy atom. The zero-order valence-electron chi connectivity index (χ0n) is 11.8. The van der Waals surface area contributed by atoms with E-state index < -0.39 is 48.8 Å². The lowest BCUT2D eigenvalue weighted by Gasteiger charge is -2.15. The third-order valence-corrected chi connectivity index (χ3v) is 3.77. The molecule has 2 N–H and O–H groups in total. The van der Waals surface area contributed by atoms with Gasteiger partial charge in [-0.3, -0.25) is 20.2 Å². The zero-order valence-corrected chi connectivity index (χ0v) is 12.6. The second-order valence-electron chi connectivity index (χ2n) is 4.67. The molecular formula is C11H13N3O8S. The van der Waals surface area contributed by atoms with Crippen molar-refractivity contribution in [2.45, 2.75) is 12.5 Å². The fourth-order valence-electron chi connectivity index (χ4n) is 1.68. The molecule has 0 aliphatic rings. The maximum absolute atomic E-state index is 11.1. The second kappa shape index (κ2) is 7.00. The average Bonchev–Trinajstić information content (AvgIpc) is 2.41. The number of nitro groups is 2. The summed E-state index contributed by atoms with van der Waals surface area (Å²) in [6.07, 6.45) is 0.614. The number of anilines is 1. The van der Waals surface area contributed by atoms with Gasteiger partial charge in [0.05, 0.1) is 21.7 Å². The van der Waals surface area contributed by atoms with E-state index in [1.807, 2.05) is 0 Å². The predicted molar refractivity (Wildman–Crippen MR) is 79.1 cm³/mol. The van der Waals surface area contributed by atoms with Gasteiger partial charge < -0.3 is 10.4 Å². The number of benzene rings is 1. The molecule has 0 saturated carbocycles. The maximum atomic E-state index is 11.1. The van der Waals surface area contributed by atoms with E-state index in [0.717, 1.165) is 18.4 Å². The van der Waals surface area contributed by atoms with Crippen molar-refractivity contribution in [3.05, 3.63) is 38.4 Å². The van der Waals surface area contributed by atoms with Gasteiger partial charge in [-0.15, -0.1) is 0 Å². The fourth-order valence-corrected chi connectivity index (χ4v) is 2.35. The molecule has 23 heavy (non-hydrogen) atoms. The molecule has 0 spiro atoms. The van der Waals surface area contributed by atoms with Crippen LogP contribution in [-0.4, -0.2) is 47.4 Å². The Bertz CT molecular complexity index is 746. The lowest BCUT2D eigenvalue weighted by molar-refractivity contribution is -0.393. The van der Waals surface area contributed by atoms with Gasteiger partial charge in [0, 0.05) is 12.3 Å². The number of carbonyl (C=O) groups is 1. The molecule has 0 fully saturated rings. The van der Waals surface area contributed by atoms with Crippen molar-refractivity contribution in [3.63, 3.8) is 0 Å². The topological polar surface area (TPSA) is 170 Å². The van der Waals surface area contributed by atoms with Crippen molar-refractivity contribution in [2.24, 2.45) is 0 Å². The van der Waals surface area contributed by atoms with E-state index in [4.69, 9.17) is 5.11 Å². The van der Waals surface area contributed by atoms with Gasteiger partial charge in [-0.25, -0.2) is 13.2 Å². The predicted octanol–water partition coefficient (Wildman–Crippen LogP) is 0.803. The summed E-state index contributed by atoms with van der Waals surface area (Å²) in [5, 5.41) is 33.0. The molecule has 126 valence electrons. The average molecular weight is 347 g/mol. The first-order chi connectivity index (χ1) is 10.5. The SMILES string of the molecule is CS(=O)(=O)CC[C@@H](Nc1ccc([N+](=O)[O-])cc1[N+](=O)[O-])C(=O)O. The highest BCUT2D eigenvalue weighted by Gasteiger charge is 2.25. The smallest absolute Gasteiger partial charge is 0.326 e. The van der Waals surface area contributed by atoms with Crippen LogP contribution in [0.4, 0.5) is 17.1 Å². The first-order valence-corrected chi connectivity index (χ1v) is 8.17. The minimum absolute atomic E-state index is 0.249. The molecule has 0 amide bonds. The van der Waals surface area contributed by atoms with Gasteiger partial charge in [-0.2, -0.15) is 0 Å². The Balaban J connectivity index is 3.10. The second-order valence-corrected chi connectivity index (χ2v) is 6.93. The summed E-state index contributed by atoms with van der Waals surface area (Å²) in [7, 11) is -3.42. The minimum atomic E-state index is -3.42. The van der Waals surface area contributed by atoms with E-state index in [2.05, 4.69) is 5.32 Å². The number of rotatable bonds is 8. The fraction of sp³-hybridized carbons (Fsp3) is 0.364. The van der Waals surface area contributed by atoms with Crippen LogP contribution in [0.15, 0.2) is 18.2 Å². The zero-order chi connectivity index (χ0) is 17.8. The van der Waals surface area contributed by atoms with Gasteiger partial charge in [-0.1, -0.05) is 0 Å². The molecule has 1 rings (SSSR count). The molecule has 0 aliphatic heterocycles. The highest BCUT2D eigenvalue weighted by Crippen LogP contribution is 2.29. The van der Waals surface area contributed by atoms with Gasteiger partial charge in [0.1, 0.15) is 21.6 Å². The van der Waals surface area contributed by atoms with E-state index in [9.17, 15) is 33.4 Å². The quantitative estimate of drug-likeness (QED) is 0.510. The van der Waals surface area contributed by atoms with Crippen LogP contribution in [0.5, 0.6) is 0 Å². The number of nitrogens with zero attached hydrogens (tertiary/aromatic N) is 2. The highest BCUT2D eigenvalue weighted by molar-refractivity contribution is 7.90. The third-order valence-electron chi connectivity index (χ3n) is 2.79. The highest BCUT2D eigenvalue weighted by atomic mass is 32.2. The van der Waals surface area contributed by atoms with Crippen LogP contribution in [0.1, 0.15) is 6.42 Å². The molecule has 1 aromatic carbocycles. The molecule has 11 nitrogen and oxygen atoms in total. The van der Waals surface area contributed by atoms with E-state index >= 15 is 0 Å². The van der Waals surface area contributed by atoms with Crippen LogP contribution in [0, 0.1) is 20.2 Å². The Morgan fingerprint density at radius 3 is 2.35 bits per heavy atom. The van der Waals surface area contributed by atoms with Gasteiger partial charge in [0.2, 0.25) is 0 Å². The lowest BCUT2D eigenvalue weighted by atomic mass is 10.2. The van der Waals surface area contributed by atoms with Crippen molar-refractivity contribution in [2.75, 3.05) is 17.3 Å². The number of carboxylic acids is 1. The summed E-state index contributed by atoms with van der Waals surface area (Å²) in [4.78, 5) is 31.0. The van der Waals surface area contributed by atoms with Crippen LogP contribution in [0.3, 0.4) is 0 Å². The number of aliphatic carboxylic acids is 1. The molecule has 1 aromatic rings. The number of nitrogens with one attached hydrogen (secondary N) is 1. The summed E-state index contributed by atoms with van der Waals surface area (Å²) >= 11 is 0. The summed E-state index contributed by atoms with van der Waals surface area (Å²) in [6.45, 7) is 0. The first kappa shape index (κ1) is 18.3. The Labute approximate surface area is 130 Å². The van der Waals surface area contributed by atoms with Crippen LogP contribution in [-0.2, 0) is 14.6 Å². The largest absolute Gasteiger partial charge is 0.480 e. The molecule has 0 aliphatic carbocycles. The van der Waals surface area contributed by atoms with Gasteiger partial charge in [0.25, 0.3) is 11.4 Å². The maximum Gasteiger partial charge on any atom is 0.326 e. The number of carboxylic acid groups (broad SMARTS) is 1. The summed E-state index contributed by atoms with van der Waals surface area (Å²) < 4.78 is 22.2. The molecule has 12 heteroatoms. The van der Waals surface area contributed by atoms with Crippen molar-refractivity contribution >= 4 is 32.9 Å². The van der Waals surface area contributed by atoms with E-state index in [0.29, 0.717) is 6.07 Å². The normalized spacial score (nSPS) is 12.4. The monoisotopic (exact) mass is 347 g/mol. The standard InChI is InChI=1S/C11H13N3O8S/c1-23(21,22)5-4-9(11(15)16)12-8-3-2-7(13(17)18)6-10(8)14(19)20/h2-3,6,9,12H,4-5H2,1H3,(H,15,16)/t9-/m1/s1.